The topological polar surface area (TPSA) is 38.1 Å². The summed E-state index contributed by atoms with van der Waals surface area (Å²) in [5, 5.41) is 0.689. The van der Waals surface area contributed by atoms with Gasteiger partial charge in [0.2, 0.25) is 0 Å². The van der Waals surface area contributed by atoms with E-state index < -0.39 is 11.0 Å². The SMILES string of the molecule is Cc1nc(S(=O)N2CCC(C)CC2)cn1C. The van der Waals surface area contributed by atoms with Crippen LogP contribution in [-0.4, -0.2) is 31.2 Å². The Labute approximate surface area is 99.3 Å². The van der Waals surface area contributed by atoms with Crippen molar-refractivity contribution >= 4 is 11.0 Å². The summed E-state index contributed by atoms with van der Waals surface area (Å²) in [6.45, 7) is 6.02. The van der Waals surface area contributed by atoms with Crippen LogP contribution in [0.15, 0.2) is 11.2 Å². The van der Waals surface area contributed by atoms with Gasteiger partial charge in [0.05, 0.1) is 0 Å². The number of aryl methyl sites for hydroxylation is 2. The second-order valence-electron chi connectivity index (χ2n) is 4.60. The van der Waals surface area contributed by atoms with Crippen molar-refractivity contribution in [2.75, 3.05) is 13.1 Å². The molecule has 1 saturated heterocycles. The van der Waals surface area contributed by atoms with Crippen LogP contribution in [0.2, 0.25) is 0 Å². The normalized spacial score (nSPS) is 21.2. The van der Waals surface area contributed by atoms with E-state index in [1.165, 1.54) is 0 Å². The van der Waals surface area contributed by atoms with Crippen LogP contribution in [0, 0.1) is 12.8 Å². The fraction of sp³-hybridized carbons (Fsp3) is 0.727. The number of hydrogen-bond donors (Lipinski definition) is 0. The van der Waals surface area contributed by atoms with E-state index in [0.717, 1.165) is 37.7 Å². The third kappa shape index (κ3) is 2.35. The number of aromatic nitrogens is 2. The Bertz CT molecular complexity index is 374. The molecule has 5 heteroatoms. The average Bonchev–Trinajstić information content (AvgIpc) is 2.59. The van der Waals surface area contributed by atoms with Gasteiger partial charge in [0.1, 0.15) is 16.8 Å². The zero-order chi connectivity index (χ0) is 11.7. The molecule has 4 nitrogen and oxygen atoms in total. The Morgan fingerprint density at radius 1 is 1.44 bits per heavy atom. The largest absolute Gasteiger partial charge is 0.337 e. The van der Waals surface area contributed by atoms with E-state index in [4.69, 9.17) is 0 Å². The maximum absolute atomic E-state index is 12.2. The molecule has 1 atom stereocenters. The first-order chi connectivity index (χ1) is 7.58. The number of hydrogen-bond acceptors (Lipinski definition) is 2. The monoisotopic (exact) mass is 241 g/mol. The zero-order valence-electron chi connectivity index (χ0n) is 10.1. The van der Waals surface area contributed by atoms with E-state index in [0.29, 0.717) is 5.03 Å². The summed E-state index contributed by atoms with van der Waals surface area (Å²) in [7, 11) is 0.859. The van der Waals surface area contributed by atoms with Gasteiger partial charge in [-0.25, -0.2) is 13.5 Å². The molecule has 0 saturated carbocycles. The van der Waals surface area contributed by atoms with Crippen LogP contribution >= 0.6 is 0 Å². The van der Waals surface area contributed by atoms with Gasteiger partial charge in [-0.2, -0.15) is 0 Å². The lowest BCUT2D eigenvalue weighted by Crippen LogP contribution is -2.34. The summed E-state index contributed by atoms with van der Waals surface area (Å²) in [5.41, 5.74) is 0. The molecule has 1 aliphatic heterocycles. The molecule has 2 heterocycles. The lowest BCUT2D eigenvalue weighted by molar-refractivity contribution is 0.298. The van der Waals surface area contributed by atoms with E-state index >= 15 is 0 Å². The Morgan fingerprint density at radius 3 is 2.56 bits per heavy atom. The fourth-order valence-corrected chi connectivity index (χ4v) is 3.16. The molecule has 1 aromatic rings. The van der Waals surface area contributed by atoms with E-state index in [1.807, 2.05) is 29.0 Å². The van der Waals surface area contributed by atoms with Gasteiger partial charge in [-0.3, -0.25) is 0 Å². The van der Waals surface area contributed by atoms with Crippen molar-refractivity contribution in [1.29, 1.82) is 0 Å². The highest BCUT2D eigenvalue weighted by Gasteiger charge is 2.22. The summed E-state index contributed by atoms with van der Waals surface area (Å²) in [6.07, 6.45) is 4.14. The van der Waals surface area contributed by atoms with Crippen LogP contribution in [0.5, 0.6) is 0 Å². The predicted octanol–water partition coefficient (Wildman–Crippen LogP) is 1.48. The minimum Gasteiger partial charge on any atom is -0.337 e. The van der Waals surface area contributed by atoms with Crippen LogP contribution in [0.1, 0.15) is 25.6 Å². The van der Waals surface area contributed by atoms with Crippen molar-refractivity contribution < 1.29 is 4.21 Å². The minimum atomic E-state index is -1.07. The van der Waals surface area contributed by atoms with E-state index in [-0.39, 0.29) is 0 Å². The molecule has 90 valence electrons. The molecule has 0 aromatic carbocycles. The van der Waals surface area contributed by atoms with Crippen LogP contribution in [0.25, 0.3) is 0 Å². The molecule has 1 unspecified atom stereocenters. The van der Waals surface area contributed by atoms with Gasteiger partial charge in [0.25, 0.3) is 0 Å². The van der Waals surface area contributed by atoms with Crippen molar-refractivity contribution in [3.05, 3.63) is 12.0 Å². The smallest absolute Gasteiger partial charge is 0.161 e. The lowest BCUT2D eigenvalue weighted by Gasteiger charge is -2.28. The Hall–Kier alpha value is -0.680. The molecule has 1 fully saturated rings. The highest BCUT2D eigenvalue weighted by Crippen LogP contribution is 2.20. The third-order valence-electron chi connectivity index (χ3n) is 3.24. The van der Waals surface area contributed by atoms with Crippen molar-refractivity contribution in [2.24, 2.45) is 13.0 Å². The van der Waals surface area contributed by atoms with Crippen molar-refractivity contribution in [3.63, 3.8) is 0 Å². The standard InChI is InChI=1S/C11H19N3OS/c1-9-4-6-14(7-5-9)16(15)11-8-13(3)10(2)12-11/h8-9H,4-7H2,1-3H3. The number of imidazole rings is 1. The second kappa shape index (κ2) is 4.67. The van der Waals surface area contributed by atoms with Crippen LogP contribution in [0.4, 0.5) is 0 Å². The summed E-state index contributed by atoms with van der Waals surface area (Å²) >= 11 is 0. The second-order valence-corrected chi connectivity index (χ2v) is 6.03. The summed E-state index contributed by atoms with van der Waals surface area (Å²) in [5.74, 6) is 1.67. The van der Waals surface area contributed by atoms with Crippen LogP contribution < -0.4 is 0 Å². The summed E-state index contributed by atoms with van der Waals surface area (Å²) < 4.78 is 16.2. The average molecular weight is 241 g/mol. The quantitative estimate of drug-likeness (QED) is 0.786. The first-order valence-electron chi connectivity index (χ1n) is 5.74. The van der Waals surface area contributed by atoms with E-state index in [2.05, 4.69) is 11.9 Å². The van der Waals surface area contributed by atoms with Crippen molar-refractivity contribution in [3.8, 4) is 0 Å². The third-order valence-corrected chi connectivity index (χ3v) is 4.63. The maximum atomic E-state index is 12.2. The van der Waals surface area contributed by atoms with Gasteiger partial charge in [-0.1, -0.05) is 6.92 Å². The molecule has 0 bridgehead atoms. The Balaban J connectivity index is 2.07. The molecule has 1 aliphatic rings. The molecule has 0 spiro atoms. The maximum Gasteiger partial charge on any atom is 0.161 e. The van der Waals surface area contributed by atoms with Gasteiger partial charge in [-0.15, -0.1) is 0 Å². The molecule has 2 rings (SSSR count). The number of nitrogens with zero attached hydrogens (tertiary/aromatic N) is 3. The summed E-state index contributed by atoms with van der Waals surface area (Å²) in [6, 6.07) is 0. The fourth-order valence-electron chi connectivity index (χ4n) is 1.89. The Morgan fingerprint density at radius 2 is 2.06 bits per heavy atom. The minimum absolute atomic E-state index is 0.689. The van der Waals surface area contributed by atoms with Gasteiger partial charge in [0.15, 0.2) is 5.03 Å². The molecule has 0 radical (unpaired) electrons. The molecular weight excluding hydrogens is 222 g/mol. The highest BCUT2D eigenvalue weighted by molar-refractivity contribution is 7.82. The number of piperidine rings is 1. The summed E-state index contributed by atoms with van der Waals surface area (Å²) in [4.78, 5) is 4.33. The molecule has 16 heavy (non-hydrogen) atoms. The highest BCUT2D eigenvalue weighted by atomic mass is 32.2. The van der Waals surface area contributed by atoms with Gasteiger partial charge in [0, 0.05) is 26.3 Å². The first-order valence-corrected chi connectivity index (χ1v) is 6.85. The van der Waals surface area contributed by atoms with Crippen molar-refractivity contribution in [1.82, 2.24) is 13.9 Å². The van der Waals surface area contributed by atoms with Gasteiger partial charge < -0.3 is 4.57 Å². The van der Waals surface area contributed by atoms with E-state index in [9.17, 15) is 4.21 Å². The lowest BCUT2D eigenvalue weighted by atomic mass is 10.0. The Kier molecular flexibility index (Phi) is 3.44. The van der Waals surface area contributed by atoms with Gasteiger partial charge in [-0.05, 0) is 25.7 Å². The van der Waals surface area contributed by atoms with Crippen LogP contribution in [-0.2, 0) is 18.0 Å². The van der Waals surface area contributed by atoms with E-state index in [1.54, 1.807) is 0 Å². The zero-order valence-corrected chi connectivity index (χ0v) is 11.0. The predicted molar refractivity (Wildman–Crippen MR) is 64.3 cm³/mol. The van der Waals surface area contributed by atoms with Crippen molar-refractivity contribution in [2.45, 2.75) is 31.7 Å². The van der Waals surface area contributed by atoms with Gasteiger partial charge >= 0.3 is 0 Å². The number of rotatable bonds is 2. The molecule has 1 aromatic heterocycles. The molecule has 0 N–H and O–H groups in total. The first kappa shape index (κ1) is 11.8. The molecule has 0 amide bonds. The van der Waals surface area contributed by atoms with Crippen LogP contribution in [0.3, 0.4) is 0 Å². The molecular formula is C11H19N3OS. The molecule has 0 aliphatic carbocycles.